The van der Waals surface area contributed by atoms with Crippen molar-refractivity contribution in [2.75, 3.05) is 37.3 Å². The van der Waals surface area contributed by atoms with Gasteiger partial charge in [0.2, 0.25) is 5.88 Å². The second kappa shape index (κ2) is 9.77. The zero-order valence-corrected chi connectivity index (χ0v) is 23.4. The van der Waals surface area contributed by atoms with Gasteiger partial charge in [0.25, 0.3) is 0 Å². The molecule has 0 radical (unpaired) electrons. The second-order valence-corrected chi connectivity index (χ2v) is 12.0. The fourth-order valence-corrected chi connectivity index (χ4v) is 7.75. The fraction of sp³-hybridized carbons (Fsp3) is 0.548. The third-order valence-electron chi connectivity index (χ3n) is 9.74. The van der Waals surface area contributed by atoms with Gasteiger partial charge in [-0.05, 0) is 95.5 Å². The maximum atomic E-state index is 10.0. The molecule has 4 aliphatic rings. The van der Waals surface area contributed by atoms with Crippen LogP contribution in [0.5, 0.6) is 5.88 Å². The van der Waals surface area contributed by atoms with Crippen molar-refractivity contribution in [3.8, 4) is 23.5 Å². The molecule has 4 heterocycles. The molecule has 7 rings (SSSR count). The Morgan fingerprint density at radius 1 is 1.12 bits per heavy atom. The molecule has 0 bridgehead atoms. The van der Waals surface area contributed by atoms with E-state index in [0.717, 1.165) is 93.7 Å². The molecule has 0 amide bonds. The van der Waals surface area contributed by atoms with Gasteiger partial charge in [-0.1, -0.05) is 11.2 Å². The van der Waals surface area contributed by atoms with Gasteiger partial charge in [-0.15, -0.1) is 0 Å². The number of hydrogen-bond acceptors (Lipinski definition) is 9. The number of nitrogens with two attached hydrogens (primary N) is 1. The van der Waals surface area contributed by atoms with Crippen LogP contribution >= 0.6 is 0 Å². The summed E-state index contributed by atoms with van der Waals surface area (Å²) in [5, 5.41) is 14.7. The molecule has 2 aliphatic heterocycles. The normalized spacial score (nSPS) is 24.7. The van der Waals surface area contributed by atoms with E-state index in [-0.39, 0.29) is 11.5 Å². The van der Waals surface area contributed by atoms with E-state index in [4.69, 9.17) is 25.0 Å². The first-order valence-electron chi connectivity index (χ1n) is 14.8. The SMILES string of the molecule is CC(Oc1cc(N2CCCC2)nc(-c2noc3c2CCCC32CCc3ccc(N)c(C#N)c32)n1)C1CCCN1C. The van der Waals surface area contributed by atoms with Gasteiger partial charge in [-0.25, -0.2) is 4.98 Å². The summed E-state index contributed by atoms with van der Waals surface area (Å²) in [6.07, 6.45) is 9.16. The average Bonchev–Trinajstić information content (AvgIpc) is 3.76. The van der Waals surface area contributed by atoms with E-state index in [2.05, 4.69) is 41.1 Å². The number of nitriles is 1. The highest BCUT2D eigenvalue weighted by Crippen LogP contribution is 2.54. The van der Waals surface area contributed by atoms with E-state index in [9.17, 15) is 5.26 Å². The number of hydrogen-bond donors (Lipinski definition) is 1. The molecule has 1 aromatic carbocycles. The summed E-state index contributed by atoms with van der Waals surface area (Å²) < 4.78 is 12.7. The maximum absolute atomic E-state index is 10.0. The van der Waals surface area contributed by atoms with Crippen LogP contribution in [0.15, 0.2) is 22.7 Å². The Balaban J connectivity index is 1.30. The molecule has 40 heavy (non-hydrogen) atoms. The molecule has 2 aliphatic carbocycles. The molecule has 9 heteroatoms. The van der Waals surface area contributed by atoms with E-state index < -0.39 is 0 Å². The first kappa shape index (κ1) is 25.3. The summed E-state index contributed by atoms with van der Waals surface area (Å²) in [5.41, 5.74) is 11.0. The number of likely N-dealkylation sites (N-methyl/N-ethyl adjacent to an activating group) is 1. The summed E-state index contributed by atoms with van der Waals surface area (Å²) in [5.74, 6) is 2.89. The van der Waals surface area contributed by atoms with Gasteiger partial charge in [-0.3, -0.25) is 4.90 Å². The number of aryl methyl sites for hydroxylation is 1. The molecule has 9 nitrogen and oxygen atoms in total. The number of benzene rings is 1. The van der Waals surface area contributed by atoms with Gasteiger partial charge in [0.05, 0.1) is 11.0 Å². The number of ether oxygens (including phenoxy) is 1. The van der Waals surface area contributed by atoms with E-state index in [1.54, 1.807) is 0 Å². The van der Waals surface area contributed by atoms with Crippen molar-refractivity contribution in [1.29, 1.82) is 5.26 Å². The van der Waals surface area contributed by atoms with Crippen molar-refractivity contribution in [1.82, 2.24) is 20.0 Å². The van der Waals surface area contributed by atoms with Gasteiger partial charge in [0.1, 0.15) is 18.0 Å². The van der Waals surface area contributed by atoms with Gasteiger partial charge in [0.15, 0.2) is 17.3 Å². The minimum absolute atomic E-state index is 0.0148. The number of nitrogen functional groups attached to an aromatic ring is 1. The van der Waals surface area contributed by atoms with Gasteiger partial charge in [-0.2, -0.15) is 10.2 Å². The topological polar surface area (TPSA) is 117 Å². The van der Waals surface area contributed by atoms with Crippen molar-refractivity contribution in [3.05, 3.63) is 46.2 Å². The summed E-state index contributed by atoms with van der Waals surface area (Å²) >= 11 is 0. The van der Waals surface area contributed by atoms with E-state index in [1.807, 2.05) is 12.1 Å². The molecular formula is C31H37N7O2. The zero-order valence-electron chi connectivity index (χ0n) is 23.4. The average molecular weight is 540 g/mol. The number of fused-ring (bicyclic) bond motifs is 4. The van der Waals surface area contributed by atoms with Crippen LogP contribution in [-0.2, 0) is 18.3 Å². The van der Waals surface area contributed by atoms with Gasteiger partial charge >= 0.3 is 0 Å². The third kappa shape index (κ3) is 3.95. The lowest BCUT2D eigenvalue weighted by Crippen LogP contribution is -2.38. The van der Waals surface area contributed by atoms with Crippen LogP contribution in [0.3, 0.4) is 0 Å². The Morgan fingerprint density at radius 3 is 2.75 bits per heavy atom. The second-order valence-electron chi connectivity index (χ2n) is 12.0. The lowest BCUT2D eigenvalue weighted by Gasteiger charge is -2.33. The number of likely N-dealkylation sites (tertiary alicyclic amines) is 1. The van der Waals surface area contributed by atoms with Crippen LogP contribution in [-0.4, -0.2) is 58.9 Å². The fourth-order valence-electron chi connectivity index (χ4n) is 7.75. The largest absolute Gasteiger partial charge is 0.473 e. The Labute approximate surface area is 235 Å². The first-order valence-corrected chi connectivity index (χ1v) is 14.8. The minimum Gasteiger partial charge on any atom is -0.473 e. The van der Waals surface area contributed by atoms with Gasteiger partial charge in [0, 0.05) is 36.4 Å². The predicted octanol–water partition coefficient (Wildman–Crippen LogP) is 4.62. The number of nitrogens with zero attached hydrogens (tertiary/aromatic N) is 6. The smallest absolute Gasteiger partial charge is 0.219 e. The Hall–Kier alpha value is -3.64. The van der Waals surface area contributed by atoms with Crippen LogP contribution in [0, 0.1) is 11.3 Å². The highest BCUT2D eigenvalue weighted by atomic mass is 16.5. The quantitative estimate of drug-likeness (QED) is 0.464. The van der Waals surface area contributed by atoms with Gasteiger partial charge < -0.3 is 19.9 Å². The van der Waals surface area contributed by atoms with Crippen LogP contribution in [0.4, 0.5) is 11.5 Å². The Kier molecular flexibility index (Phi) is 6.19. The molecule has 208 valence electrons. The molecule has 2 fully saturated rings. The monoisotopic (exact) mass is 539 g/mol. The number of anilines is 2. The summed E-state index contributed by atoms with van der Waals surface area (Å²) in [4.78, 5) is 14.6. The highest BCUT2D eigenvalue weighted by Gasteiger charge is 2.49. The first-order chi connectivity index (χ1) is 19.5. The van der Waals surface area contributed by atoms with Crippen molar-refractivity contribution in [2.45, 2.75) is 82.3 Å². The standard InChI is InChI=1S/C31H37N7O2/c1-19(24-8-6-14-37(24)2)39-26-17-25(38-15-3-4-16-38)34-30(35-26)28-21-7-5-12-31(29(21)40-36-28)13-11-20-9-10-23(33)22(18-32)27(20)31/h9-10,17,19,24H,3-8,11-16,33H2,1-2H3. The molecule has 2 N–H and O–H groups in total. The lowest BCUT2D eigenvalue weighted by molar-refractivity contribution is 0.117. The molecule has 2 aromatic heterocycles. The zero-order chi connectivity index (χ0) is 27.4. The summed E-state index contributed by atoms with van der Waals surface area (Å²) in [6, 6.07) is 8.68. The Bertz CT molecular complexity index is 1490. The van der Waals surface area contributed by atoms with Crippen LogP contribution in [0.25, 0.3) is 11.5 Å². The summed E-state index contributed by atoms with van der Waals surface area (Å²) in [6.45, 7) is 5.20. The van der Waals surface area contributed by atoms with Crippen molar-refractivity contribution in [3.63, 3.8) is 0 Å². The molecule has 0 saturated carbocycles. The Morgan fingerprint density at radius 2 is 1.98 bits per heavy atom. The summed E-state index contributed by atoms with van der Waals surface area (Å²) in [7, 11) is 2.17. The number of aromatic nitrogens is 3. The molecular weight excluding hydrogens is 502 g/mol. The lowest BCUT2D eigenvalue weighted by atomic mass is 9.68. The molecule has 1 spiro atoms. The van der Waals surface area contributed by atoms with E-state index in [0.29, 0.717) is 34.7 Å². The van der Waals surface area contributed by atoms with Crippen LogP contribution in [0.1, 0.15) is 79.9 Å². The maximum Gasteiger partial charge on any atom is 0.219 e. The van der Waals surface area contributed by atoms with Crippen molar-refractivity contribution < 1.29 is 9.26 Å². The predicted molar refractivity (Wildman–Crippen MR) is 152 cm³/mol. The van der Waals surface area contributed by atoms with E-state index in [1.165, 1.54) is 12.0 Å². The number of rotatable bonds is 5. The van der Waals surface area contributed by atoms with Crippen LogP contribution < -0.4 is 15.4 Å². The van der Waals surface area contributed by atoms with Crippen molar-refractivity contribution in [2.24, 2.45) is 0 Å². The molecule has 3 unspecified atom stereocenters. The molecule has 2 saturated heterocycles. The molecule has 3 aromatic rings. The van der Waals surface area contributed by atoms with E-state index >= 15 is 0 Å². The van der Waals surface area contributed by atoms with Crippen molar-refractivity contribution >= 4 is 11.5 Å². The minimum atomic E-state index is -0.387. The third-order valence-corrected chi connectivity index (χ3v) is 9.74. The highest BCUT2D eigenvalue weighted by molar-refractivity contribution is 5.68. The van der Waals surface area contributed by atoms with Crippen LogP contribution in [0.2, 0.25) is 0 Å². The molecule has 3 atom stereocenters.